The number of benzene rings is 1. The van der Waals surface area contributed by atoms with Crippen LogP contribution in [0, 0.1) is 0 Å². The number of carbonyl (C=O) groups excluding carboxylic acids is 1. The fraction of sp³-hybridized carbons (Fsp3) is 0.500. The summed E-state index contributed by atoms with van der Waals surface area (Å²) in [5, 5.41) is 15.3. The molecule has 0 saturated heterocycles. The molecular weight excluding hydrogens is 306 g/mol. The van der Waals surface area contributed by atoms with Gasteiger partial charge in [0.1, 0.15) is 0 Å². The van der Waals surface area contributed by atoms with Crippen molar-refractivity contribution in [2.75, 3.05) is 18.8 Å². The van der Waals surface area contributed by atoms with Crippen LogP contribution < -0.4 is 15.4 Å². The second kappa shape index (κ2) is 7.08. The molecule has 2 amide bonds. The van der Waals surface area contributed by atoms with E-state index in [1.54, 1.807) is 6.92 Å². The first-order valence-electron chi connectivity index (χ1n) is 7.20. The number of fused-ring (bicyclic) bond motifs is 1. The van der Waals surface area contributed by atoms with Crippen molar-refractivity contribution in [1.29, 1.82) is 0 Å². The molecule has 2 rings (SSSR count). The maximum atomic E-state index is 11.8. The fourth-order valence-corrected chi connectivity index (χ4v) is 3.04. The van der Waals surface area contributed by atoms with E-state index in [0.717, 1.165) is 11.1 Å². The topological polar surface area (TPSA) is 108 Å². The monoisotopic (exact) mass is 327 g/mol. The number of aliphatic hydroxyl groups is 1. The van der Waals surface area contributed by atoms with Crippen LogP contribution in [0.5, 0.6) is 0 Å². The molecule has 8 heteroatoms. The van der Waals surface area contributed by atoms with Crippen molar-refractivity contribution in [3.8, 4) is 0 Å². The average Bonchev–Trinajstić information content (AvgIpc) is 2.80. The van der Waals surface area contributed by atoms with Crippen molar-refractivity contribution in [3.63, 3.8) is 0 Å². The molecule has 1 aliphatic carbocycles. The number of urea groups is 1. The molecule has 0 bridgehead atoms. The van der Waals surface area contributed by atoms with Gasteiger partial charge in [-0.3, -0.25) is 0 Å². The number of nitrogens with one attached hydrogen (secondary N) is 3. The minimum Gasteiger partial charge on any atom is -0.390 e. The second-order valence-electron chi connectivity index (χ2n) is 5.15. The lowest BCUT2D eigenvalue weighted by Crippen LogP contribution is -2.43. The number of aliphatic hydroxyl groups excluding tert-OH is 1. The van der Waals surface area contributed by atoms with E-state index in [9.17, 15) is 18.3 Å². The zero-order valence-corrected chi connectivity index (χ0v) is 13.2. The molecule has 1 aromatic carbocycles. The van der Waals surface area contributed by atoms with Crippen molar-refractivity contribution in [1.82, 2.24) is 15.4 Å². The summed E-state index contributed by atoms with van der Waals surface area (Å²) in [6.45, 7) is 1.85. The van der Waals surface area contributed by atoms with Gasteiger partial charge in [-0.15, -0.1) is 0 Å². The molecule has 122 valence electrons. The molecule has 0 fully saturated rings. The van der Waals surface area contributed by atoms with Crippen LogP contribution in [-0.4, -0.2) is 44.5 Å². The molecule has 22 heavy (non-hydrogen) atoms. The van der Waals surface area contributed by atoms with Gasteiger partial charge in [0.2, 0.25) is 10.0 Å². The zero-order chi connectivity index (χ0) is 16.2. The summed E-state index contributed by atoms with van der Waals surface area (Å²) in [5.41, 5.74) is 1.94. The lowest BCUT2D eigenvalue weighted by molar-refractivity contribution is 0.142. The van der Waals surface area contributed by atoms with Gasteiger partial charge in [0.25, 0.3) is 0 Å². The molecule has 0 saturated carbocycles. The Morgan fingerprint density at radius 1 is 1.32 bits per heavy atom. The van der Waals surface area contributed by atoms with Gasteiger partial charge in [-0.05, 0) is 18.1 Å². The van der Waals surface area contributed by atoms with Crippen LogP contribution in [0.2, 0.25) is 0 Å². The minimum atomic E-state index is -3.25. The van der Waals surface area contributed by atoms with Gasteiger partial charge in [0, 0.05) is 19.5 Å². The lowest BCUT2D eigenvalue weighted by atomic mass is 10.1. The molecule has 0 heterocycles. The first kappa shape index (κ1) is 16.7. The molecule has 0 spiro atoms. The summed E-state index contributed by atoms with van der Waals surface area (Å²) >= 11 is 0. The smallest absolute Gasteiger partial charge is 0.315 e. The standard InChI is InChI=1S/C14H21N3O4S/c1-2-22(20,21)16-8-7-15-14(19)17-13-11-6-4-3-5-10(11)9-12(13)18/h3-6,12-13,16,18H,2,7-9H2,1H3,(H2,15,17,19)/t12-,13-/m0/s1. The Morgan fingerprint density at radius 3 is 2.77 bits per heavy atom. The van der Waals surface area contributed by atoms with Gasteiger partial charge in [0.05, 0.1) is 17.9 Å². The van der Waals surface area contributed by atoms with E-state index in [4.69, 9.17) is 0 Å². The second-order valence-corrected chi connectivity index (χ2v) is 7.24. The first-order chi connectivity index (χ1) is 10.4. The Hall–Kier alpha value is -1.64. The Morgan fingerprint density at radius 2 is 2.05 bits per heavy atom. The van der Waals surface area contributed by atoms with Gasteiger partial charge in [-0.25, -0.2) is 17.9 Å². The van der Waals surface area contributed by atoms with Crippen molar-refractivity contribution >= 4 is 16.1 Å². The molecule has 4 N–H and O–H groups in total. The SMILES string of the molecule is CCS(=O)(=O)NCCNC(=O)N[C@H]1c2ccccc2C[C@@H]1O. The summed E-state index contributed by atoms with van der Waals surface area (Å²) in [6.07, 6.45) is -0.140. The van der Waals surface area contributed by atoms with Gasteiger partial charge in [0.15, 0.2) is 0 Å². The Kier molecular flexibility index (Phi) is 5.38. The quantitative estimate of drug-likeness (QED) is 0.547. The number of sulfonamides is 1. The average molecular weight is 327 g/mol. The highest BCUT2D eigenvalue weighted by Crippen LogP contribution is 2.30. The summed E-state index contributed by atoms with van der Waals surface area (Å²) in [6, 6.07) is 6.69. The van der Waals surface area contributed by atoms with Crippen LogP contribution in [0.25, 0.3) is 0 Å². The predicted octanol–water partition coefficient (Wildman–Crippen LogP) is -0.117. The van der Waals surface area contributed by atoms with Crippen LogP contribution in [0.3, 0.4) is 0 Å². The number of carbonyl (C=O) groups is 1. The molecule has 7 nitrogen and oxygen atoms in total. The highest BCUT2D eigenvalue weighted by molar-refractivity contribution is 7.89. The number of amides is 2. The maximum absolute atomic E-state index is 11.8. The van der Waals surface area contributed by atoms with Crippen LogP contribution in [0.4, 0.5) is 4.79 Å². The molecule has 0 aromatic heterocycles. The summed E-state index contributed by atoms with van der Waals surface area (Å²) in [5.74, 6) is 0.00421. The van der Waals surface area contributed by atoms with E-state index in [-0.39, 0.29) is 18.8 Å². The van der Waals surface area contributed by atoms with E-state index < -0.39 is 28.2 Å². The third-order valence-electron chi connectivity index (χ3n) is 3.60. The van der Waals surface area contributed by atoms with E-state index in [1.807, 2.05) is 24.3 Å². The molecule has 1 aliphatic rings. The highest BCUT2D eigenvalue weighted by atomic mass is 32.2. The van der Waals surface area contributed by atoms with Gasteiger partial charge >= 0.3 is 6.03 Å². The van der Waals surface area contributed by atoms with Crippen LogP contribution in [0.1, 0.15) is 24.1 Å². The van der Waals surface area contributed by atoms with Crippen molar-refractivity contribution in [3.05, 3.63) is 35.4 Å². The van der Waals surface area contributed by atoms with Crippen molar-refractivity contribution in [2.45, 2.75) is 25.5 Å². The highest BCUT2D eigenvalue weighted by Gasteiger charge is 2.31. The predicted molar refractivity (Wildman–Crippen MR) is 82.9 cm³/mol. The van der Waals surface area contributed by atoms with Crippen LogP contribution >= 0.6 is 0 Å². The Balaban J connectivity index is 1.81. The van der Waals surface area contributed by atoms with Gasteiger partial charge < -0.3 is 15.7 Å². The van der Waals surface area contributed by atoms with Gasteiger partial charge in [-0.1, -0.05) is 24.3 Å². The minimum absolute atomic E-state index is 0.00421. The van der Waals surface area contributed by atoms with E-state index >= 15 is 0 Å². The molecule has 0 aliphatic heterocycles. The van der Waals surface area contributed by atoms with E-state index in [2.05, 4.69) is 15.4 Å². The first-order valence-corrected chi connectivity index (χ1v) is 8.85. The molecular formula is C14H21N3O4S. The van der Waals surface area contributed by atoms with Crippen LogP contribution in [0.15, 0.2) is 24.3 Å². The largest absolute Gasteiger partial charge is 0.390 e. The Bertz CT molecular complexity index is 633. The summed E-state index contributed by atoms with van der Waals surface area (Å²) in [4.78, 5) is 11.8. The molecule has 2 atom stereocenters. The van der Waals surface area contributed by atoms with Crippen LogP contribution in [-0.2, 0) is 16.4 Å². The van der Waals surface area contributed by atoms with E-state index in [0.29, 0.717) is 6.42 Å². The normalized spacial score (nSPS) is 20.5. The number of hydrogen-bond donors (Lipinski definition) is 4. The lowest BCUT2D eigenvalue weighted by Gasteiger charge is -2.18. The summed E-state index contributed by atoms with van der Waals surface area (Å²) < 4.78 is 24.8. The van der Waals surface area contributed by atoms with E-state index in [1.165, 1.54) is 0 Å². The zero-order valence-electron chi connectivity index (χ0n) is 12.4. The molecule has 0 radical (unpaired) electrons. The Labute approximate surface area is 130 Å². The van der Waals surface area contributed by atoms with Crippen molar-refractivity contribution < 1.29 is 18.3 Å². The number of hydrogen-bond acceptors (Lipinski definition) is 4. The van der Waals surface area contributed by atoms with Gasteiger partial charge in [-0.2, -0.15) is 0 Å². The van der Waals surface area contributed by atoms with Crippen molar-refractivity contribution in [2.24, 2.45) is 0 Å². The molecule has 1 aromatic rings. The maximum Gasteiger partial charge on any atom is 0.315 e. The third-order valence-corrected chi connectivity index (χ3v) is 5.01. The summed E-state index contributed by atoms with van der Waals surface area (Å²) in [7, 11) is -3.25. The molecule has 0 unspecified atom stereocenters. The fourth-order valence-electron chi connectivity index (χ4n) is 2.42. The number of rotatable bonds is 6. The third kappa shape index (κ3) is 4.19.